The number of hydrogen-bond donors (Lipinski definition) is 0. The topological polar surface area (TPSA) is 12.5 Å². The van der Waals surface area contributed by atoms with Crippen LogP contribution in [-0.4, -0.2) is 24.1 Å². The van der Waals surface area contributed by atoms with Gasteiger partial charge in [0, 0.05) is 18.1 Å². The highest BCUT2D eigenvalue weighted by Gasteiger charge is 2.28. The van der Waals surface area contributed by atoms with Gasteiger partial charge < -0.3 is 4.74 Å². The molecule has 2 atom stereocenters. The number of likely N-dealkylation sites (tertiary alicyclic amines) is 1. The summed E-state index contributed by atoms with van der Waals surface area (Å²) in [6.07, 6.45) is 1.32. The summed E-state index contributed by atoms with van der Waals surface area (Å²) < 4.78 is 6.45. The van der Waals surface area contributed by atoms with Gasteiger partial charge in [-0.2, -0.15) is 0 Å². The van der Waals surface area contributed by atoms with E-state index in [1.165, 1.54) is 5.56 Å². The van der Waals surface area contributed by atoms with Crippen molar-refractivity contribution in [3.63, 3.8) is 0 Å². The van der Waals surface area contributed by atoms with Crippen molar-refractivity contribution in [2.45, 2.75) is 16.6 Å². The van der Waals surface area contributed by atoms with Crippen LogP contribution in [0.2, 0.25) is 5.02 Å². The number of ether oxygens (including phenoxy) is 1. The van der Waals surface area contributed by atoms with Crippen molar-refractivity contribution in [1.29, 1.82) is 0 Å². The van der Waals surface area contributed by atoms with E-state index < -0.39 is 0 Å². The molecule has 0 saturated carbocycles. The van der Waals surface area contributed by atoms with Gasteiger partial charge >= 0.3 is 0 Å². The summed E-state index contributed by atoms with van der Waals surface area (Å²) in [7, 11) is 0. The third kappa shape index (κ3) is 3.90. The lowest BCUT2D eigenvalue weighted by Crippen LogP contribution is -2.26. The van der Waals surface area contributed by atoms with Crippen LogP contribution in [0.15, 0.2) is 54.6 Å². The number of nitrogens with zero attached hydrogens (tertiary/aromatic N) is 1. The maximum Gasteiger partial charge on any atom is 0.119 e. The van der Waals surface area contributed by atoms with Crippen molar-refractivity contribution in [3.8, 4) is 5.75 Å². The second-order valence-electron chi connectivity index (χ2n) is 5.22. The highest BCUT2D eigenvalue weighted by atomic mass is 127. The van der Waals surface area contributed by atoms with Gasteiger partial charge in [-0.1, -0.05) is 64.5 Å². The lowest BCUT2D eigenvalue weighted by molar-refractivity contribution is 0.199. The first-order valence-electron chi connectivity index (χ1n) is 7.07. The van der Waals surface area contributed by atoms with E-state index in [9.17, 15) is 0 Å². The Bertz CT molecular complexity index is 575. The molecule has 3 rings (SSSR count). The predicted octanol–water partition coefficient (Wildman–Crippen LogP) is 4.93. The zero-order valence-corrected chi connectivity index (χ0v) is 14.5. The van der Waals surface area contributed by atoms with Crippen molar-refractivity contribution in [2.75, 3.05) is 13.1 Å². The first-order chi connectivity index (χ1) is 10.2. The van der Waals surface area contributed by atoms with E-state index in [0.717, 1.165) is 30.3 Å². The molecule has 2 nitrogen and oxygen atoms in total. The third-order valence-corrected chi connectivity index (χ3v) is 5.45. The van der Waals surface area contributed by atoms with Gasteiger partial charge in [-0.05, 0) is 36.2 Å². The third-order valence-electron chi connectivity index (χ3n) is 3.69. The molecule has 0 radical (unpaired) electrons. The van der Waals surface area contributed by atoms with Crippen LogP contribution in [0.1, 0.15) is 16.0 Å². The minimum atomic E-state index is 0.257. The van der Waals surface area contributed by atoms with E-state index in [0.29, 0.717) is 4.05 Å². The molecule has 0 aromatic heterocycles. The smallest absolute Gasteiger partial charge is 0.119 e. The summed E-state index contributed by atoms with van der Waals surface area (Å²) in [6.45, 7) is 2.03. The maximum absolute atomic E-state index is 6.04. The Kier molecular flexibility index (Phi) is 5.03. The van der Waals surface area contributed by atoms with Crippen molar-refractivity contribution in [1.82, 2.24) is 4.90 Å². The molecule has 0 aliphatic carbocycles. The van der Waals surface area contributed by atoms with Crippen molar-refractivity contribution >= 4 is 34.2 Å². The van der Waals surface area contributed by atoms with Crippen LogP contribution in [0, 0.1) is 0 Å². The Balaban J connectivity index is 1.59. The van der Waals surface area contributed by atoms with Crippen LogP contribution < -0.4 is 4.74 Å². The number of halogens is 2. The van der Waals surface area contributed by atoms with E-state index in [1.54, 1.807) is 0 Å². The molecule has 110 valence electrons. The fraction of sp³-hybridized carbons (Fsp3) is 0.294. The van der Waals surface area contributed by atoms with E-state index >= 15 is 0 Å². The Morgan fingerprint density at radius 3 is 2.52 bits per heavy atom. The molecule has 0 bridgehead atoms. The second kappa shape index (κ2) is 6.99. The summed E-state index contributed by atoms with van der Waals surface area (Å²) >= 11 is 8.40. The molecule has 1 aliphatic heterocycles. The second-order valence-corrected chi connectivity index (χ2v) is 6.84. The number of alkyl halides is 1. The van der Waals surface area contributed by atoms with Gasteiger partial charge in [0.15, 0.2) is 0 Å². The molecule has 1 aliphatic rings. The molecular formula is C17H17ClINO. The molecule has 2 unspecified atom stereocenters. The molecule has 1 saturated heterocycles. The fourth-order valence-electron chi connectivity index (χ4n) is 2.58. The predicted molar refractivity (Wildman–Crippen MR) is 95.3 cm³/mol. The first-order valence-corrected chi connectivity index (χ1v) is 8.70. The Hall–Kier alpha value is -0.780. The maximum atomic E-state index is 6.04. The van der Waals surface area contributed by atoms with Crippen molar-refractivity contribution in [3.05, 3.63) is 65.2 Å². The standard InChI is InChI=1S/C17H17ClINO/c18-14-6-8-15(9-7-14)21-16-10-11-20(12-16)17(19)13-4-2-1-3-5-13/h1-9,16-17H,10-12H2. The van der Waals surface area contributed by atoms with E-state index in [2.05, 4.69) is 57.8 Å². The number of hydrogen-bond acceptors (Lipinski definition) is 2. The number of benzene rings is 2. The largest absolute Gasteiger partial charge is 0.489 e. The SMILES string of the molecule is Clc1ccc(OC2CCN(C(I)c3ccccc3)C2)cc1. The highest BCUT2D eigenvalue weighted by Crippen LogP contribution is 2.32. The van der Waals surface area contributed by atoms with Crippen LogP contribution in [0.25, 0.3) is 0 Å². The van der Waals surface area contributed by atoms with Crippen molar-refractivity contribution in [2.24, 2.45) is 0 Å². The Labute approximate surface area is 144 Å². The van der Waals surface area contributed by atoms with Gasteiger partial charge in [-0.25, -0.2) is 0 Å². The normalized spacial score (nSPS) is 20.4. The van der Waals surface area contributed by atoms with Gasteiger partial charge in [0.05, 0.1) is 4.05 Å². The van der Waals surface area contributed by atoms with Gasteiger partial charge in [-0.15, -0.1) is 0 Å². The van der Waals surface area contributed by atoms with Crippen LogP contribution in [0.3, 0.4) is 0 Å². The van der Waals surface area contributed by atoms with Crippen LogP contribution in [0.4, 0.5) is 0 Å². The van der Waals surface area contributed by atoms with Gasteiger partial charge in [-0.3, -0.25) is 4.90 Å². The molecule has 0 amide bonds. The quantitative estimate of drug-likeness (QED) is 0.400. The zero-order chi connectivity index (χ0) is 14.7. The van der Waals surface area contributed by atoms with Crippen LogP contribution in [-0.2, 0) is 0 Å². The van der Waals surface area contributed by atoms with Gasteiger partial charge in [0.1, 0.15) is 11.9 Å². The molecule has 2 aromatic rings. The first kappa shape index (κ1) is 15.1. The number of rotatable bonds is 4. The van der Waals surface area contributed by atoms with Gasteiger partial charge in [0.2, 0.25) is 0 Å². The molecule has 1 fully saturated rings. The Morgan fingerprint density at radius 1 is 1.10 bits per heavy atom. The molecule has 1 heterocycles. The minimum Gasteiger partial charge on any atom is -0.489 e. The summed E-state index contributed by atoms with van der Waals surface area (Å²) in [5, 5.41) is 0.742. The van der Waals surface area contributed by atoms with Gasteiger partial charge in [0.25, 0.3) is 0 Å². The average molecular weight is 414 g/mol. The monoisotopic (exact) mass is 413 g/mol. The lowest BCUT2D eigenvalue weighted by Gasteiger charge is -2.23. The summed E-state index contributed by atoms with van der Waals surface area (Å²) in [6, 6.07) is 18.2. The molecular weight excluding hydrogens is 397 g/mol. The highest BCUT2D eigenvalue weighted by molar-refractivity contribution is 14.1. The van der Waals surface area contributed by atoms with E-state index in [4.69, 9.17) is 16.3 Å². The molecule has 4 heteroatoms. The molecule has 2 aromatic carbocycles. The summed E-state index contributed by atoms with van der Waals surface area (Å²) in [5.74, 6) is 0.899. The molecule has 21 heavy (non-hydrogen) atoms. The van der Waals surface area contributed by atoms with E-state index in [1.807, 2.05) is 24.3 Å². The zero-order valence-electron chi connectivity index (χ0n) is 11.6. The summed E-state index contributed by atoms with van der Waals surface area (Å²) in [5.41, 5.74) is 1.35. The summed E-state index contributed by atoms with van der Waals surface area (Å²) in [4.78, 5) is 2.47. The van der Waals surface area contributed by atoms with Crippen molar-refractivity contribution < 1.29 is 4.74 Å². The molecule has 0 spiro atoms. The Morgan fingerprint density at radius 2 is 1.81 bits per heavy atom. The fourth-order valence-corrected chi connectivity index (χ4v) is 3.63. The minimum absolute atomic E-state index is 0.257. The average Bonchev–Trinajstić information content (AvgIpc) is 2.98. The van der Waals surface area contributed by atoms with Crippen LogP contribution >= 0.6 is 34.2 Å². The lowest BCUT2D eigenvalue weighted by atomic mass is 10.2. The van der Waals surface area contributed by atoms with Crippen LogP contribution in [0.5, 0.6) is 5.75 Å². The van der Waals surface area contributed by atoms with E-state index in [-0.39, 0.29) is 6.10 Å². The molecule has 0 N–H and O–H groups in total.